The molecule has 0 spiro atoms. The van der Waals surface area contributed by atoms with Crippen LogP contribution in [0.3, 0.4) is 0 Å². The number of rotatable bonds is 5. The third kappa shape index (κ3) is 4.28. The third-order valence-corrected chi connectivity index (χ3v) is 3.47. The Hall–Kier alpha value is -0.610. The van der Waals surface area contributed by atoms with Gasteiger partial charge in [-0.15, -0.1) is 0 Å². The summed E-state index contributed by atoms with van der Waals surface area (Å²) >= 11 is 0. The van der Waals surface area contributed by atoms with Crippen LogP contribution < -0.4 is 0 Å². The summed E-state index contributed by atoms with van der Waals surface area (Å²) in [7, 11) is 3.21. The van der Waals surface area contributed by atoms with Crippen molar-refractivity contribution in [1.29, 1.82) is 0 Å². The Kier molecular flexibility index (Phi) is 5.40. The van der Waals surface area contributed by atoms with Crippen molar-refractivity contribution >= 4 is 5.97 Å². The van der Waals surface area contributed by atoms with Crippen molar-refractivity contribution in [2.45, 2.75) is 26.7 Å². The lowest BCUT2D eigenvalue weighted by molar-refractivity contribution is -0.152. The van der Waals surface area contributed by atoms with Crippen LogP contribution >= 0.6 is 0 Å². The van der Waals surface area contributed by atoms with E-state index in [2.05, 4.69) is 4.90 Å². The molecule has 0 atom stereocenters. The molecule has 1 heterocycles. The first-order chi connectivity index (χ1) is 7.99. The van der Waals surface area contributed by atoms with E-state index in [0.29, 0.717) is 5.92 Å². The molecule has 1 aliphatic heterocycles. The second kappa shape index (κ2) is 6.36. The van der Waals surface area contributed by atoms with Crippen molar-refractivity contribution in [1.82, 2.24) is 4.90 Å². The Morgan fingerprint density at radius 1 is 1.29 bits per heavy atom. The normalized spacial score (nSPS) is 19.3. The third-order valence-electron chi connectivity index (χ3n) is 3.47. The number of hydrogen-bond donors (Lipinski definition) is 0. The zero-order valence-corrected chi connectivity index (χ0v) is 11.5. The Bertz CT molecular complexity index is 245. The molecule has 1 saturated heterocycles. The molecule has 1 aliphatic rings. The Morgan fingerprint density at radius 3 is 2.35 bits per heavy atom. The van der Waals surface area contributed by atoms with E-state index in [1.165, 1.54) is 7.11 Å². The maximum absolute atomic E-state index is 11.6. The van der Waals surface area contributed by atoms with Gasteiger partial charge in [-0.3, -0.25) is 4.79 Å². The number of ether oxygens (including phenoxy) is 2. The van der Waals surface area contributed by atoms with Crippen molar-refractivity contribution in [3.8, 4) is 0 Å². The fraction of sp³-hybridized carbons (Fsp3) is 0.923. The summed E-state index contributed by atoms with van der Waals surface area (Å²) < 4.78 is 10.0. The highest BCUT2D eigenvalue weighted by atomic mass is 16.5. The molecule has 0 N–H and O–H groups in total. The second-order valence-corrected chi connectivity index (χ2v) is 5.55. The van der Waals surface area contributed by atoms with Gasteiger partial charge < -0.3 is 14.4 Å². The van der Waals surface area contributed by atoms with Gasteiger partial charge in [-0.05, 0) is 45.7 Å². The van der Waals surface area contributed by atoms with E-state index in [-0.39, 0.29) is 5.97 Å². The van der Waals surface area contributed by atoms with Crippen LogP contribution in [-0.4, -0.2) is 51.3 Å². The van der Waals surface area contributed by atoms with Gasteiger partial charge in [-0.2, -0.15) is 0 Å². The van der Waals surface area contributed by atoms with E-state index in [4.69, 9.17) is 9.47 Å². The molecule has 4 heteroatoms. The van der Waals surface area contributed by atoms with Gasteiger partial charge in [0.05, 0.1) is 12.5 Å². The molecule has 0 amide bonds. The van der Waals surface area contributed by atoms with Gasteiger partial charge in [-0.25, -0.2) is 0 Å². The summed E-state index contributed by atoms with van der Waals surface area (Å²) in [4.78, 5) is 14.0. The van der Waals surface area contributed by atoms with Crippen LogP contribution in [-0.2, 0) is 14.3 Å². The molecular formula is C13H25NO3. The number of carbonyl (C=O) groups is 1. The molecule has 1 fully saturated rings. The van der Waals surface area contributed by atoms with Crippen molar-refractivity contribution in [2.75, 3.05) is 40.5 Å². The number of piperidine rings is 1. The molecule has 0 aliphatic carbocycles. The first kappa shape index (κ1) is 14.5. The fourth-order valence-corrected chi connectivity index (χ4v) is 2.45. The maximum atomic E-state index is 11.6. The molecular weight excluding hydrogens is 218 g/mol. The zero-order valence-electron chi connectivity index (χ0n) is 11.5. The van der Waals surface area contributed by atoms with E-state index in [9.17, 15) is 4.79 Å². The van der Waals surface area contributed by atoms with Crippen LogP contribution in [0.5, 0.6) is 0 Å². The highest BCUT2D eigenvalue weighted by Gasteiger charge is 2.32. The number of carbonyl (C=O) groups excluding carboxylic acids is 1. The predicted octanol–water partition coefficient (Wildman–Crippen LogP) is 1.54. The number of nitrogens with zero attached hydrogens (tertiary/aromatic N) is 1. The molecule has 0 aromatic rings. The summed E-state index contributed by atoms with van der Waals surface area (Å²) in [6.45, 7) is 7.62. The van der Waals surface area contributed by atoms with Gasteiger partial charge in [0, 0.05) is 20.3 Å². The molecule has 0 unspecified atom stereocenters. The molecule has 0 aromatic heterocycles. The quantitative estimate of drug-likeness (QED) is 0.687. The molecule has 0 bridgehead atoms. The molecule has 17 heavy (non-hydrogen) atoms. The molecule has 1 rings (SSSR count). The van der Waals surface area contributed by atoms with Gasteiger partial charge in [0.1, 0.15) is 0 Å². The monoisotopic (exact) mass is 243 g/mol. The van der Waals surface area contributed by atoms with E-state index < -0.39 is 5.41 Å². The minimum Gasteiger partial charge on any atom is -0.469 e. The fourth-order valence-electron chi connectivity index (χ4n) is 2.45. The Balaban J connectivity index is 2.37. The minimum atomic E-state index is -0.414. The van der Waals surface area contributed by atoms with E-state index in [1.807, 2.05) is 13.8 Å². The molecule has 0 aromatic carbocycles. The smallest absolute Gasteiger partial charge is 0.312 e. The lowest BCUT2D eigenvalue weighted by atomic mass is 9.90. The highest BCUT2D eigenvalue weighted by Crippen LogP contribution is 2.23. The van der Waals surface area contributed by atoms with Crippen molar-refractivity contribution in [3.63, 3.8) is 0 Å². The molecule has 0 saturated carbocycles. The largest absolute Gasteiger partial charge is 0.469 e. The lowest BCUT2D eigenvalue weighted by Gasteiger charge is -2.35. The SMILES string of the molecule is COCC1CCN(CC(C)(C)C(=O)OC)CC1. The van der Waals surface area contributed by atoms with Crippen LogP contribution in [0.4, 0.5) is 0 Å². The van der Waals surface area contributed by atoms with Crippen LogP contribution in [0, 0.1) is 11.3 Å². The van der Waals surface area contributed by atoms with Gasteiger partial charge in [-0.1, -0.05) is 0 Å². The number of esters is 1. The summed E-state index contributed by atoms with van der Waals surface area (Å²) in [5, 5.41) is 0. The summed E-state index contributed by atoms with van der Waals surface area (Å²) in [5.74, 6) is 0.550. The number of methoxy groups -OCH3 is 2. The summed E-state index contributed by atoms with van der Waals surface area (Å²) in [5.41, 5.74) is -0.414. The topological polar surface area (TPSA) is 38.8 Å². The van der Waals surface area contributed by atoms with E-state index >= 15 is 0 Å². The van der Waals surface area contributed by atoms with Gasteiger partial charge in [0.15, 0.2) is 0 Å². The van der Waals surface area contributed by atoms with E-state index in [0.717, 1.165) is 39.1 Å². The first-order valence-corrected chi connectivity index (χ1v) is 6.29. The second-order valence-electron chi connectivity index (χ2n) is 5.55. The zero-order chi connectivity index (χ0) is 12.9. The highest BCUT2D eigenvalue weighted by molar-refractivity contribution is 5.76. The van der Waals surface area contributed by atoms with Crippen LogP contribution in [0.2, 0.25) is 0 Å². The van der Waals surface area contributed by atoms with E-state index in [1.54, 1.807) is 7.11 Å². The maximum Gasteiger partial charge on any atom is 0.312 e. The Labute approximate surface area is 104 Å². The van der Waals surface area contributed by atoms with Crippen molar-refractivity contribution in [3.05, 3.63) is 0 Å². The van der Waals surface area contributed by atoms with Crippen LogP contribution in [0.1, 0.15) is 26.7 Å². The standard InChI is InChI=1S/C13H25NO3/c1-13(2,12(15)17-4)10-14-7-5-11(6-8-14)9-16-3/h11H,5-10H2,1-4H3. The number of hydrogen-bond acceptors (Lipinski definition) is 4. The summed E-state index contributed by atoms with van der Waals surface area (Å²) in [6, 6.07) is 0. The minimum absolute atomic E-state index is 0.128. The van der Waals surface area contributed by atoms with Gasteiger partial charge in [0.2, 0.25) is 0 Å². The Morgan fingerprint density at radius 2 is 1.88 bits per heavy atom. The molecule has 0 radical (unpaired) electrons. The van der Waals surface area contributed by atoms with Crippen LogP contribution in [0.15, 0.2) is 0 Å². The number of likely N-dealkylation sites (tertiary alicyclic amines) is 1. The van der Waals surface area contributed by atoms with Crippen molar-refractivity contribution in [2.24, 2.45) is 11.3 Å². The lowest BCUT2D eigenvalue weighted by Crippen LogP contribution is -2.44. The molecule has 4 nitrogen and oxygen atoms in total. The first-order valence-electron chi connectivity index (χ1n) is 6.29. The van der Waals surface area contributed by atoms with Crippen LogP contribution in [0.25, 0.3) is 0 Å². The van der Waals surface area contributed by atoms with Crippen molar-refractivity contribution < 1.29 is 14.3 Å². The average molecular weight is 243 g/mol. The van der Waals surface area contributed by atoms with Gasteiger partial charge >= 0.3 is 5.97 Å². The van der Waals surface area contributed by atoms with Gasteiger partial charge in [0.25, 0.3) is 0 Å². The average Bonchev–Trinajstić information content (AvgIpc) is 2.30. The predicted molar refractivity (Wildman–Crippen MR) is 66.8 cm³/mol. The molecule has 100 valence electrons. The summed E-state index contributed by atoms with van der Waals surface area (Å²) in [6.07, 6.45) is 2.32.